The molecule has 0 saturated carbocycles. The average molecular weight is 482 g/mol. The summed E-state index contributed by atoms with van der Waals surface area (Å²) >= 11 is 0. The molecule has 0 bridgehead atoms. The van der Waals surface area contributed by atoms with E-state index in [4.69, 9.17) is 20.2 Å². The second-order valence-corrected chi connectivity index (χ2v) is 6.90. The summed E-state index contributed by atoms with van der Waals surface area (Å²) in [6.07, 6.45) is 16.0. The van der Waals surface area contributed by atoms with Crippen LogP contribution in [0.15, 0.2) is 72.3 Å². The number of benzene rings is 1. The van der Waals surface area contributed by atoms with Crippen molar-refractivity contribution in [2.45, 2.75) is 26.7 Å². The quantitative estimate of drug-likeness (QED) is 0.0865. The summed E-state index contributed by atoms with van der Waals surface area (Å²) in [4.78, 5) is 27.4. The van der Waals surface area contributed by atoms with Gasteiger partial charge in [0.1, 0.15) is 17.4 Å². The van der Waals surface area contributed by atoms with E-state index in [0.29, 0.717) is 35.9 Å². The minimum Gasteiger partial charge on any atom is -0.497 e. The maximum absolute atomic E-state index is 11.4. The maximum atomic E-state index is 11.4. The molecule has 0 unspecified atom stereocenters. The summed E-state index contributed by atoms with van der Waals surface area (Å²) < 4.78 is 10.1. The van der Waals surface area contributed by atoms with Crippen molar-refractivity contribution in [1.82, 2.24) is 10.1 Å². The van der Waals surface area contributed by atoms with Crippen molar-refractivity contribution in [2.24, 2.45) is 5.84 Å². The van der Waals surface area contributed by atoms with Gasteiger partial charge in [0, 0.05) is 26.8 Å². The highest BCUT2D eigenvalue weighted by molar-refractivity contribution is 5.67. The normalized spacial score (nSPS) is 11.1. The Morgan fingerprint density at radius 1 is 1.20 bits per heavy atom. The molecular formula is C27H35N3O5. The Hall–Kier alpha value is -4.02. The van der Waals surface area contributed by atoms with Gasteiger partial charge in [-0.25, -0.2) is 10.6 Å². The minimum absolute atomic E-state index is 0.247. The lowest BCUT2D eigenvalue weighted by molar-refractivity contribution is -0.140. The van der Waals surface area contributed by atoms with E-state index in [2.05, 4.69) is 19.4 Å². The lowest BCUT2D eigenvalue weighted by Gasteiger charge is -2.24. The number of hydrogen-bond acceptors (Lipinski definition) is 8. The summed E-state index contributed by atoms with van der Waals surface area (Å²) in [6, 6.07) is 7.72. The van der Waals surface area contributed by atoms with E-state index in [0.717, 1.165) is 11.1 Å². The number of methoxy groups -OCH3 is 1. The van der Waals surface area contributed by atoms with Crippen LogP contribution in [0.5, 0.6) is 0 Å². The molecule has 1 rings (SSSR count). The Morgan fingerprint density at radius 3 is 2.31 bits per heavy atom. The molecular weight excluding hydrogens is 446 g/mol. The van der Waals surface area contributed by atoms with Crippen LogP contribution >= 0.6 is 0 Å². The molecule has 0 aliphatic rings. The van der Waals surface area contributed by atoms with E-state index in [1.165, 1.54) is 31.2 Å². The number of hydrazine groups is 1. The standard InChI is InChI=1S/C25H33N3O5.C2H2/c1-7-23(13-8-19(2)31-5)28(26)25(15-14-24(18-29)27(4)32-6)22-11-9-21(10-12-22)16-17-33-20(3)30;1-2/h7-13,15H,2,14,16-17,26H2,1,3-6H3;1-2H/b13-8-,23-7+,25-15-;. The van der Waals surface area contributed by atoms with E-state index in [-0.39, 0.29) is 12.4 Å². The fraction of sp³-hybridized carbons (Fsp3) is 0.296. The molecule has 8 heteroatoms. The average Bonchev–Trinajstić information content (AvgIpc) is 2.87. The Bertz CT molecular complexity index is 984. The number of nitrogens with zero attached hydrogens (tertiary/aromatic N) is 2. The number of hydroxylamine groups is 2. The fourth-order valence-corrected chi connectivity index (χ4v) is 2.75. The summed E-state index contributed by atoms with van der Waals surface area (Å²) in [5.74, 6) is 8.56. The van der Waals surface area contributed by atoms with Crippen molar-refractivity contribution >= 4 is 17.6 Å². The molecule has 0 radical (unpaired) electrons. The third-order valence-corrected chi connectivity index (χ3v) is 4.74. The molecule has 35 heavy (non-hydrogen) atoms. The summed E-state index contributed by atoms with van der Waals surface area (Å²) in [5.41, 5.74) is 3.51. The van der Waals surface area contributed by atoms with Gasteiger partial charge in [0.15, 0.2) is 0 Å². The molecule has 0 heterocycles. The second-order valence-electron chi connectivity index (χ2n) is 6.90. The van der Waals surface area contributed by atoms with Gasteiger partial charge in [0.2, 0.25) is 0 Å². The zero-order valence-corrected chi connectivity index (χ0v) is 21.1. The number of terminal acetylenes is 1. The molecule has 0 atom stereocenters. The largest absolute Gasteiger partial charge is 0.497 e. The van der Waals surface area contributed by atoms with Crippen LogP contribution in [0.3, 0.4) is 0 Å². The number of carbonyl (C=O) groups is 1. The second kappa shape index (κ2) is 17.5. The molecule has 0 saturated heterocycles. The molecule has 188 valence electrons. The van der Waals surface area contributed by atoms with E-state index < -0.39 is 0 Å². The third kappa shape index (κ3) is 11.1. The molecule has 0 aliphatic heterocycles. The molecule has 8 nitrogen and oxygen atoms in total. The predicted molar refractivity (Wildman–Crippen MR) is 138 cm³/mol. The Labute approximate surface area is 208 Å². The number of esters is 1. The first-order valence-corrected chi connectivity index (χ1v) is 10.7. The first-order valence-electron chi connectivity index (χ1n) is 10.7. The zero-order valence-electron chi connectivity index (χ0n) is 21.1. The molecule has 1 aromatic rings. The summed E-state index contributed by atoms with van der Waals surface area (Å²) in [5, 5.41) is 2.86. The smallest absolute Gasteiger partial charge is 0.302 e. The first kappa shape index (κ1) is 31.0. The van der Waals surface area contributed by atoms with E-state index in [1.54, 1.807) is 19.2 Å². The number of rotatable bonds is 13. The van der Waals surface area contributed by atoms with E-state index in [1.807, 2.05) is 49.3 Å². The highest BCUT2D eigenvalue weighted by Gasteiger charge is 2.13. The van der Waals surface area contributed by atoms with Gasteiger partial charge in [-0.3, -0.25) is 19.7 Å². The van der Waals surface area contributed by atoms with Crippen LogP contribution in [-0.4, -0.2) is 49.9 Å². The van der Waals surface area contributed by atoms with Gasteiger partial charge in [-0.05, 0) is 30.2 Å². The van der Waals surface area contributed by atoms with Crippen LogP contribution in [0, 0.1) is 12.8 Å². The van der Waals surface area contributed by atoms with Gasteiger partial charge in [0.05, 0.1) is 32.2 Å². The molecule has 1 aromatic carbocycles. The van der Waals surface area contributed by atoms with Crippen molar-refractivity contribution < 1.29 is 23.9 Å². The van der Waals surface area contributed by atoms with Crippen LogP contribution in [0.2, 0.25) is 0 Å². The molecule has 0 fully saturated rings. The van der Waals surface area contributed by atoms with Gasteiger partial charge in [-0.1, -0.05) is 43.0 Å². The Kier molecular flexibility index (Phi) is 15.5. The Morgan fingerprint density at radius 2 is 1.83 bits per heavy atom. The molecule has 0 aliphatic carbocycles. The monoisotopic (exact) mass is 481 g/mol. The molecule has 0 spiro atoms. The highest BCUT2D eigenvalue weighted by Crippen LogP contribution is 2.24. The predicted octanol–water partition coefficient (Wildman–Crippen LogP) is 3.78. The van der Waals surface area contributed by atoms with E-state index >= 15 is 0 Å². The van der Waals surface area contributed by atoms with E-state index in [9.17, 15) is 9.59 Å². The van der Waals surface area contributed by atoms with Crippen LogP contribution in [0.1, 0.15) is 31.4 Å². The van der Waals surface area contributed by atoms with Gasteiger partial charge >= 0.3 is 5.97 Å². The van der Waals surface area contributed by atoms with Crippen molar-refractivity contribution in [1.29, 1.82) is 0 Å². The van der Waals surface area contributed by atoms with Gasteiger partial charge in [-0.15, -0.1) is 12.8 Å². The minimum atomic E-state index is -0.307. The van der Waals surface area contributed by atoms with Crippen LogP contribution < -0.4 is 5.84 Å². The van der Waals surface area contributed by atoms with Crippen molar-refractivity contribution in [3.63, 3.8) is 0 Å². The lowest BCUT2D eigenvalue weighted by atomic mass is 10.1. The summed E-state index contributed by atoms with van der Waals surface area (Å²) in [7, 11) is 4.63. The highest BCUT2D eigenvalue weighted by atomic mass is 16.7. The van der Waals surface area contributed by atoms with Gasteiger partial charge in [-0.2, -0.15) is 0 Å². The number of ether oxygens (including phenoxy) is 2. The summed E-state index contributed by atoms with van der Waals surface area (Å²) in [6.45, 7) is 7.34. The topological polar surface area (TPSA) is 94.3 Å². The van der Waals surface area contributed by atoms with Crippen LogP contribution in [-0.2, 0) is 30.3 Å². The molecule has 0 aromatic heterocycles. The van der Waals surface area contributed by atoms with Crippen LogP contribution in [0.25, 0.3) is 5.70 Å². The van der Waals surface area contributed by atoms with Gasteiger partial charge in [0.25, 0.3) is 0 Å². The first-order chi connectivity index (χ1) is 16.8. The SMILES string of the molecule is C#C.C=C(/C=C\C(=C/C)N(N)/C(=C\CC(=C=O)N(C)OC)c1ccc(CCOC(C)=O)cc1)OC. The number of nitrogens with two attached hydrogens (primary N) is 1. The number of carbonyl (C=O) groups excluding carboxylic acids is 2. The fourth-order valence-electron chi connectivity index (χ4n) is 2.75. The van der Waals surface area contributed by atoms with Crippen molar-refractivity contribution in [3.05, 3.63) is 83.4 Å². The Balaban J connectivity index is 0.00000562. The third-order valence-electron chi connectivity index (χ3n) is 4.74. The zero-order chi connectivity index (χ0) is 26.8. The van der Waals surface area contributed by atoms with Crippen LogP contribution in [0.4, 0.5) is 0 Å². The van der Waals surface area contributed by atoms with Gasteiger partial charge < -0.3 is 9.47 Å². The van der Waals surface area contributed by atoms with Crippen molar-refractivity contribution in [2.75, 3.05) is 27.9 Å². The lowest BCUT2D eigenvalue weighted by Crippen LogP contribution is -2.28. The van der Waals surface area contributed by atoms with Crippen molar-refractivity contribution in [3.8, 4) is 12.8 Å². The molecule has 2 N–H and O–H groups in total. The maximum Gasteiger partial charge on any atom is 0.302 e. The number of hydrogen-bond donors (Lipinski definition) is 1. The molecule has 0 amide bonds. The number of allylic oxidation sites excluding steroid dienone is 4.